The van der Waals surface area contributed by atoms with E-state index in [1.165, 1.54) is 0 Å². The van der Waals surface area contributed by atoms with Crippen LogP contribution in [-0.2, 0) is 15.4 Å². The number of sulfonamides is 1. The number of hydrogen-bond donors (Lipinski definition) is 1. The molecule has 2 aromatic rings. The Balaban J connectivity index is 1.77. The van der Waals surface area contributed by atoms with Crippen LogP contribution in [0, 0.1) is 0 Å². The molecule has 0 saturated carbocycles. The average Bonchev–Trinajstić information content (AvgIpc) is 3.07. The Morgan fingerprint density at radius 3 is 2.35 bits per heavy atom. The molecule has 0 saturated heterocycles. The maximum atomic E-state index is 12.5. The van der Waals surface area contributed by atoms with E-state index in [1.807, 2.05) is 12.1 Å². The van der Waals surface area contributed by atoms with Crippen LogP contribution in [0.15, 0.2) is 52.5 Å². The molecular formula is C19H22N2O4S. The van der Waals surface area contributed by atoms with Gasteiger partial charge in [0.1, 0.15) is 0 Å². The Morgan fingerprint density at radius 1 is 1.04 bits per heavy atom. The summed E-state index contributed by atoms with van der Waals surface area (Å²) in [7, 11) is -3.73. The molecular weight excluding hydrogens is 352 g/mol. The van der Waals surface area contributed by atoms with Crippen molar-refractivity contribution in [2.24, 2.45) is 5.10 Å². The number of rotatable bonds is 4. The van der Waals surface area contributed by atoms with E-state index in [0.717, 1.165) is 11.1 Å². The summed E-state index contributed by atoms with van der Waals surface area (Å²) < 4.78 is 35.5. The van der Waals surface area contributed by atoms with Crippen LogP contribution in [0.1, 0.15) is 38.8 Å². The first-order valence-electron chi connectivity index (χ1n) is 8.23. The van der Waals surface area contributed by atoms with E-state index in [4.69, 9.17) is 9.47 Å². The average molecular weight is 374 g/mol. The Hall–Kier alpha value is -2.54. The molecule has 3 rings (SSSR count). The second-order valence-corrected chi connectivity index (χ2v) is 8.80. The second kappa shape index (κ2) is 6.64. The highest BCUT2D eigenvalue weighted by Crippen LogP contribution is 2.32. The molecule has 1 aliphatic rings. The molecule has 0 aromatic heterocycles. The van der Waals surface area contributed by atoms with Crippen LogP contribution in [0.4, 0.5) is 0 Å². The molecule has 1 N–H and O–H groups in total. The van der Waals surface area contributed by atoms with Gasteiger partial charge in [0.15, 0.2) is 11.5 Å². The highest BCUT2D eigenvalue weighted by Gasteiger charge is 2.18. The van der Waals surface area contributed by atoms with Gasteiger partial charge in [-0.2, -0.15) is 18.4 Å². The molecule has 0 unspecified atom stereocenters. The van der Waals surface area contributed by atoms with Gasteiger partial charge >= 0.3 is 0 Å². The molecule has 26 heavy (non-hydrogen) atoms. The van der Waals surface area contributed by atoms with E-state index in [-0.39, 0.29) is 17.1 Å². The Labute approximate surface area is 153 Å². The van der Waals surface area contributed by atoms with Gasteiger partial charge in [0, 0.05) is 5.56 Å². The van der Waals surface area contributed by atoms with Crippen LogP contribution in [0.25, 0.3) is 0 Å². The summed E-state index contributed by atoms with van der Waals surface area (Å²) in [6, 6.07) is 12.2. The molecule has 7 heteroatoms. The monoisotopic (exact) mass is 374 g/mol. The van der Waals surface area contributed by atoms with Crippen molar-refractivity contribution in [1.82, 2.24) is 4.83 Å². The molecule has 2 aromatic carbocycles. The first kappa shape index (κ1) is 18.3. The first-order valence-corrected chi connectivity index (χ1v) is 9.72. The standard InChI is InChI=1S/C19H22N2O4S/c1-13(14-5-10-17-18(11-14)25-12-24-17)20-21-26(22,23)16-8-6-15(7-9-16)19(2,3)4/h5-11,21H,12H2,1-4H3/b20-13+. The SMILES string of the molecule is C/C(=N\NS(=O)(=O)c1ccc(C(C)(C)C)cc1)c1ccc2c(c1)OCO2. The maximum Gasteiger partial charge on any atom is 0.276 e. The Bertz CT molecular complexity index is 942. The smallest absolute Gasteiger partial charge is 0.276 e. The fraction of sp³-hybridized carbons (Fsp3) is 0.316. The Morgan fingerprint density at radius 2 is 1.69 bits per heavy atom. The van der Waals surface area contributed by atoms with Crippen LogP contribution in [0.5, 0.6) is 11.5 Å². The van der Waals surface area contributed by atoms with Crippen LogP contribution in [-0.4, -0.2) is 20.9 Å². The van der Waals surface area contributed by atoms with Gasteiger partial charge in [0.05, 0.1) is 10.6 Å². The fourth-order valence-electron chi connectivity index (χ4n) is 2.50. The van der Waals surface area contributed by atoms with Gasteiger partial charge in [-0.15, -0.1) is 0 Å². The third-order valence-electron chi connectivity index (χ3n) is 4.15. The van der Waals surface area contributed by atoms with Crippen LogP contribution in [0.2, 0.25) is 0 Å². The van der Waals surface area contributed by atoms with Crippen LogP contribution < -0.4 is 14.3 Å². The predicted octanol–water partition coefficient (Wildman–Crippen LogP) is 3.42. The lowest BCUT2D eigenvalue weighted by Crippen LogP contribution is -2.20. The number of nitrogens with zero attached hydrogens (tertiary/aromatic N) is 1. The van der Waals surface area contributed by atoms with Gasteiger partial charge in [-0.3, -0.25) is 0 Å². The molecule has 0 fully saturated rings. The topological polar surface area (TPSA) is 77.0 Å². The van der Waals surface area contributed by atoms with E-state index in [2.05, 4.69) is 30.7 Å². The summed E-state index contributed by atoms with van der Waals surface area (Å²) in [4.78, 5) is 2.46. The van der Waals surface area contributed by atoms with Crippen molar-refractivity contribution in [2.45, 2.75) is 38.0 Å². The van der Waals surface area contributed by atoms with Gasteiger partial charge in [-0.25, -0.2) is 0 Å². The molecule has 0 amide bonds. The third-order valence-corrected chi connectivity index (χ3v) is 5.38. The van der Waals surface area contributed by atoms with E-state index in [0.29, 0.717) is 17.2 Å². The number of hydrogen-bond acceptors (Lipinski definition) is 5. The minimum absolute atomic E-state index is 0.0379. The lowest BCUT2D eigenvalue weighted by atomic mass is 9.87. The minimum Gasteiger partial charge on any atom is -0.454 e. The lowest BCUT2D eigenvalue weighted by molar-refractivity contribution is 0.174. The largest absolute Gasteiger partial charge is 0.454 e. The van der Waals surface area contributed by atoms with Crippen LogP contribution in [0.3, 0.4) is 0 Å². The molecule has 0 spiro atoms. The van der Waals surface area contributed by atoms with E-state index >= 15 is 0 Å². The van der Waals surface area contributed by atoms with Crippen molar-refractivity contribution in [3.8, 4) is 11.5 Å². The zero-order valence-corrected chi connectivity index (χ0v) is 16.1. The van der Waals surface area contributed by atoms with E-state index in [1.54, 1.807) is 37.3 Å². The molecule has 0 radical (unpaired) electrons. The van der Waals surface area contributed by atoms with Crippen molar-refractivity contribution in [1.29, 1.82) is 0 Å². The Kier molecular flexibility index (Phi) is 4.66. The second-order valence-electron chi connectivity index (χ2n) is 7.13. The highest BCUT2D eigenvalue weighted by molar-refractivity contribution is 7.89. The fourth-order valence-corrected chi connectivity index (χ4v) is 3.36. The van der Waals surface area contributed by atoms with Gasteiger partial charge in [-0.1, -0.05) is 32.9 Å². The van der Waals surface area contributed by atoms with Gasteiger partial charge < -0.3 is 9.47 Å². The number of ether oxygens (including phenoxy) is 2. The quantitative estimate of drug-likeness (QED) is 0.657. The number of benzene rings is 2. The molecule has 1 heterocycles. The zero-order valence-electron chi connectivity index (χ0n) is 15.2. The normalized spacial score (nSPS) is 14.4. The summed E-state index contributed by atoms with van der Waals surface area (Å²) in [6.45, 7) is 8.14. The summed E-state index contributed by atoms with van der Waals surface area (Å²) in [5.41, 5.74) is 2.30. The van der Waals surface area contributed by atoms with Crippen molar-refractivity contribution in [3.05, 3.63) is 53.6 Å². The lowest BCUT2D eigenvalue weighted by Gasteiger charge is -2.19. The molecule has 0 atom stereocenters. The van der Waals surface area contributed by atoms with Crippen molar-refractivity contribution in [2.75, 3.05) is 6.79 Å². The highest BCUT2D eigenvalue weighted by atomic mass is 32.2. The summed E-state index contributed by atoms with van der Waals surface area (Å²) >= 11 is 0. The van der Waals surface area contributed by atoms with E-state index < -0.39 is 10.0 Å². The number of hydrazone groups is 1. The van der Waals surface area contributed by atoms with E-state index in [9.17, 15) is 8.42 Å². The number of fused-ring (bicyclic) bond motifs is 1. The van der Waals surface area contributed by atoms with Gasteiger partial charge in [-0.05, 0) is 48.2 Å². The first-order chi connectivity index (χ1) is 12.2. The maximum absolute atomic E-state index is 12.5. The predicted molar refractivity (Wildman–Crippen MR) is 100 cm³/mol. The molecule has 0 aliphatic carbocycles. The summed E-state index contributed by atoms with van der Waals surface area (Å²) in [5.74, 6) is 1.29. The summed E-state index contributed by atoms with van der Waals surface area (Å²) in [5, 5.41) is 4.02. The van der Waals surface area contributed by atoms with Gasteiger partial charge in [0.25, 0.3) is 10.0 Å². The third kappa shape index (κ3) is 3.83. The van der Waals surface area contributed by atoms with Crippen molar-refractivity contribution in [3.63, 3.8) is 0 Å². The molecule has 1 aliphatic heterocycles. The van der Waals surface area contributed by atoms with Gasteiger partial charge in [0.2, 0.25) is 6.79 Å². The molecule has 0 bridgehead atoms. The van der Waals surface area contributed by atoms with Crippen molar-refractivity contribution >= 4 is 15.7 Å². The summed E-state index contributed by atoms with van der Waals surface area (Å²) in [6.07, 6.45) is 0. The zero-order chi connectivity index (χ0) is 18.9. The number of nitrogens with one attached hydrogen (secondary N) is 1. The van der Waals surface area contributed by atoms with Crippen LogP contribution >= 0.6 is 0 Å². The molecule has 138 valence electrons. The molecule has 6 nitrogen and oxygen atoms in total. The van der Waals surface area contributed by atoms with Crippen molar-refractivity contribution < 1.29 is 17.9 Å². The minimum atomic E-state index is -3.73.